The minimum Gasteiger partial charge on any atom is -0.341 e. The molecular weight excluding hydrogens is 407 g/mol. The van der Waals surface area contributed by atoms with Gasteiger partial charge in [-0.15, -0.1) is 0 Å². The molecule has 0 amide bonds. The highest BCUT2D eigenvalue weighted by molar-refractivity contribution is 14.1. The summed E-state index contributed by atoms with van der Waals surface area (Å²) in [6.07, 6.45) is 1.94. The van der Waals surface area contributed by atoms with Gasteiger partial charge in [-0.3, -0.25) is 4.99 Å². The molecule has 3 aromatic carbocycles. The highest BCUT2D eigenvalue weighted by Gasteiger charge is 2.08. The van der Waals surface area contributed by atoms with Crippen LogP contribution in [0.1, 0.15) is 12.5 Å². The number of fused-ring (bicyclic) bond motifs is 3. The summed E-state index contributed by atoms with van der Waals surface area (Å²) >= 11 is 2.31. The molecule has 0 aliphatic rings. The van der Waals surface area contributed by atoms with Crippen molar-refractivity contribution in [3.8, 4) is 0 Å². The second-order valence-corrected chi connectivity index (χ2v) is 7.02. The Morgan fingerprint density at radius 1 is 0.917 bits per heavy atom. The Morgan fingerprint density at radius 3 is 2.46 bits per heavy atom. The fourth-order valence-electron chi connectivity index (χ4n) is 3.17. The quantitative estimate of drug-likeness (QED) is 0.277. The van der Waals surface area contributed by atoms with Crippen molar-refractivity contribution < 1.29 is 0 Å². The van der Waals surface area contributed by atoms with E-state index in [0.29, 0.717) is 0 Å². The van der Waals surface area contributed by atoms with Gasteiger partial charge < -0.3 is 4.57 Å². The maximum absolute atomic E-state index is 4.60. The molecule has 0 aliphatic carbocycles. The van der Waals surface area contributed by atoms with Crippen LogP contribution in [0.2, 0.25) is 0 Å². The highest BCUT2D eigenvalue weighted by Crippen LogP contribution is 2.29. The van der Waals surface area contributed by atoms with Crippen molar-refractivity contribution in [2.75, 3.05) is 0 Å². The lowest BCUT2D eigenvalue weighted by Gasteiger charge is -2.02. The molecule has 0 saturated carbocycles. The van der Waals surface area contributed by atoms with Gasteiger partial charge in [0.2, 0.25) is 0 Å². The third kappa shape index (κ3) is 2.73. The lowest BCUT2D eigenvalue weighted by molar-refractivity contribution is 0.827. The van der Waals surface area contributed by atoms with Crippen molar-refractivity contribution in [2.24, 2.45) is 4.99 Å². The maximum atomic E-state index is 4.60. The molecule has 24 heavy (non-hydrogen) atoms. The van der Waals surface area contributed by atoms with Gasteiger partial charge in [0.05, 0.1) is 5.69 Å². The van der Waals surface area contributed by atoms with Crippen molar-refractivity contribution in [1.82, 2.24) is 4.57 Å². The minimum atomic E-state index is 0.972. The number of rotatable bonds is 3. The van der Waals surface area contributed by atoms with E-state index in [9.17, 15) is 0 Å². The van der Waals surface area contributed by atoms with Crippen molar-refractivity contribution >= 4 is 56.3 Å². The Balaban J connectivity index is 1.80. The molecule has 0 aliphatic heterocycles. The topological polar surface area (TPSA) is 17.3 Å². The zero-order chi connectivity index (χ0) is 16.5. The van der Waals surface area contributed by atoms with E-state index in [2.05, 4.69) is 93.7 Å². The first-order valence-electron chi connectivity index (χ1n) is 8.07. The summed E-state index contributed by atoms with van der Waals surface area (Å²) in [5.41, 5.74) is 4.68. The number of hydrogen-bond acceptors (Lipinski definition) is 1. The van der Waals surface area contributed by atoms with Crippen LogP contribution < -0.4 is 0 Å². The molecular formula is C21H17IN2. The number of nitrogens with zero attached hydrogens (tertiary/aromatic N) is 2. The molecule has 3 heteroatoms. The van der Waals surface area contributed by atoms with Crippen molar-refractivity contribution in [1.29, 1.82) is 0 Å². The summed E-state index contributed by atoms with van der Waals surface area (Å²) in [4.78, 5) is 4.60. The van der Waals surface area contributed by atoms with Crippen LogP contribution >= 0.6 is 22.6 Å². The summed E-state index contributed by atoms with van der Waals surface area (Å²) in [5.74, 6) is 0. The number of benzene rings is 3. The van der Waals surface area contributed by atoms with Gasteiger partial charge in [0.1, 0.15) is 0 Å². The molecule has 118 valence electrons. The Bertz CT molecular complexity index is 1040. The van der Waals surface area contributed by atoms with Gasteiger partial charge in [0.25, 0.3) is 0 Å². The van der Waals surface area contributed by atoms with Gasteiger partial charge in [-0.05, 0) is 77.5 Å². The number of aliphatic imine (C=N–C) groups is 1. The number of halogens is 1. The highest BCUT2D eigenvalue weighted by atomic mass is 127. The first-order valence-corrected chi connectivity index (χ1v) is 9.15. The normalized spacial score (nSPS) is 11.8. The lowest BCUT2D eigenvalue weighted by atomic mass is 10.1. The lowest BCUT2D eigenvalue weighted by Crippen LogP contribution is -1.92. The van der Waals surface area contributed by atoms with Crippen molar-refractivity contribution in [3.05, 3.63) is 75.9 Å². The molecule has 1 aromatic heterocycles. The van der Waals surface area contributed by atoms with Gasteiger partial charge in [0, 0.05) is 38.1 Å². The second-order valence-electron chi connectivity index (χ2n) is 5.77. The average Bonchev–Trinajstić information content (AvgIpc) is 2.94. The molecule has 0 saturated heterocycles. The predicted molar refractivity (Wildman–Crippen MR) is 112 cm³/mol. The molecule has 0 fully saturated rings. The Morgan fingerprint density at radius 2 is 1.67 bits per heavy atom. The van der Waals surface area contributed by atoms with E-state index in [-0.39, 0.29) is 0 Å². The third-order valence-electron chi connectivity index (χ3n) is 4.30. The number of hydrogen-bond donors (Lipinski definition) is 0. The average molecular weight is 424 g/mol. The fraction of sp³-hybridized carbons (Fsp3) is 0.0952. The third-order valence-corrected chi connectivity index (χ3v) is 5.02. The number of para-hydroxylation sites is 1. The Hall–Kier alpha value is -2.14. The molecule has 0 atom stereocenters. The summed E-state index contributed by atoms with van der Waals surface area (Å²) in [6.45, 7) is 3.16. The molecule has 0 bridgehead atoms. The molecule has 0 spiro atoms. The standard InChI is InChI=1S/C21H17IN2/c1-2-24-20-6-4-3-5-18(20)19-13-15(7-12-21(19)24)14-23-17-10-8-16(22)9-11-17/h3-14H,2H2,1H3. The van der Waals surface area contributed by atoms with E-state index in [1.54, 1.807) is 0 Å². The largest absolute Gasteiger partial charge is 0.341 e. The predicted octanol–water partition coefficient (Wildman–Crippen LogP) is 6.17. The monoisotopic (exact) mass is 424 g/mol. The van der Waals surface area contributed by atoms with Gasteiger partial charge >= 0.3 is 0 Å². The van der Waals surface area contributed by atoms with Gasteiger partial charge in [-0.2, -0.15) is 0 Å². The molecule has 2 nitrogen and oxygen atoms in total. The van der Waals surface area contributed by atoms with E-state index in [0.717, 1.165) is 17.8 Å². The number of aromatic nitrogens is 1. The SMILES string of the molecule is CCn1c2ccccc2c2cc(C=Nc3ccc(I)cc3)ccc21. The van der Waals surface area contributed by atoms with E-state index in [4.69, 9.17) is 0 Å². The molecule has 4 aromatic rings. The van der Waals surface area contributed by atoms with Crippen LogP contribution in [0, 0.1) is 3.57 Å². The molecule has 1 heterocycles. The van der Waals surface area contributed by atoms with E-state index >= 15 is 0 Å². The molecule has 0 radical (unpaired) electrons. The first-order chi connectivity index (χ1) is 11.8. The maximum Gasteiger partial charge on any atom is 0.0630 e. The van der Waals surface area contributed by atoms with Gasteiger partial charge in [-0.25, -0.2) is 0 Å². The van der Waals surface area contributed by atoms with Crippen LogP contribution in [0.5, 0.6) is 0 Å². The van der Waals surface area contributed by atoms with Crippen molar-refractivity contribution in [2.45, 2.75) is 13.5 Å². The minimum absolute atomic E-state index is 0.972. The molecule has 4 rings (SSSR count). The van der Waals surface area contributed by atoms with Crippen LogP contribution in [-0.2, 0) is 6.54 Å². The zero-order valence-corrected chi connectivity index (χ0v) is 15.6. The zero-order valence-electron chi connectivity index (χ0n) is 13.4. The van der Waals surface area contributed by atoms with Crippen LogP contribution in [0.15, 0.2) is 71.7 Å². The summed E-state index contributed by atoms with van der Waals surface area (Å²) < 4.78 is 3.59. The van der Waals surface area contributed by atoms with Crippen LogP contribution in [0.4, 0.5) is 5.69 Å². The first kappa shape index (κ1) is 15.4. The molecule has 0 unspecified atom stereocenters. The summed E-state index contributed by atoms with van der Waals surface area (Å²) in [7, 11) is 0. The van der Waals surface area contributed by atoms with E-state index in [1.165, 1.54) is 25.4 Å². The smallest absolute Gasteiger partial charge is 0.0630 e. The van der Waals surface area contributed by atoms with Crippen LogP contribution in [0.25, 0.3) is 21.8 Å². The van der Waals surface area contributed by atoms with Gasteiger partial charge in [0.15, 0.2) is 0 Å². The molecule has 0 N–H and O–H groups in total. The fourth-order valence-corrected chi connectivity index (χ4v) is 3.53. The summed E-state index contributed by atoms with van der Waals surface area (Å²) in [6, 6.07) is 23.4. The second kappa shape index (κ2) is 6.40. The Kier molecular flexibility index (Phi) is 4.10. The van der Waals surface area contributed by atoms with Gasteiger partial charge in [-0.1, -0.05) is 24.3 Å². The van der Waals surface area contributed by atoms with Crippen molar-refractivity contribution in [3.63, 3.8) is 0 Å². The van der Waals surface area contributed by atoms with Crippen LogP contribution in [-0.4, -0.2) is 10.8 Å². The summed E-state index contributed by atoms with van der Waals surface area (Å²) in [5, 5.41) is 2.60. The van der Waals surface area contributed by atoms with E-state index in [1.807, 2.05) is 18.3 Å². The van der Waals surface area contributed by atoms with Crippen LogP contribution in [0.3, 0.4) is 0 Å². The number of aryl methyl sites for hydroxylation is 1. The van der Waals surface area contributed by atoms with E-state index < -0.39 is 0 Å². The Labute approximate surface area is 155 Å².